The number of rotatable bonds is 3. The molecule has 0 aliphatic carbocycles. The maximum Gasteiger partial charge on any atom is 0.326 e. The zero-order chi connectivity index (χ0) is 17.7. The largest absolute Gasteiger partial charge is 0.506 e. The van der Waals surface area contributed by atoms with E-state index in [9.17, 15) is 22.7 Å². The SMILES string of the molecule is CC(C)(c1cc(O)c(N2CC(=O)NS2(=O)=O)c(F)c1)C1CCNC1. The molecule has 0 spiro atoms. The van der Waals surface area contributed by atoms with Gasteiger partial charge in [-0.15, -0.1) is 0 Å². The number of halogens is 1. The maximum atomic E-state index is 14.6. The molecular weight excluding hydrogens is 337 g/mol. The van der Waals surface area contributed by atoms with Gasteiger partial charge in [-0.2, -0.15) is 8.42 Å². The van der Waals surface area contributed by atoms with Crippen LogP contribution in [0, 0.1) is 11.7 Å². The third kappa shape index (κ3) is 2.71. The second-order valence-corrected chi connectivity index (χ2v) is 8.37. The molecule has 2 heterocycles. The normalized spacial score (nSPS) is 23.5. The van der Waals surface area contributed by atoms with Crippen LogP contribution in [0.2, 0.25) is 0 Å². The van der Waals surface area contributed by atoms with E-state index < -0.39 is 45.3 Å². The summed E-state index contributed by atoms with van der Waals surface area (Å²) in [5.74, 6) is -1.86. The summed E-state index contributed by atoms with van der Waals surface area (Å²) < 4.78 is 40.7. The minimum absolute atomic E-state index is 0.279. The number of hydrogen-bond donors (Lipinski definition) is 3. The van der Waals surface area contributed by atoms with Crippen LogP contribution in [0.15, 0.2) is 12.1 Å². The molecule has 1 atom stereocenters. The van der Waals surface area contributed by atoms with Gasteiger partial charge in [-0.3, -0.25) is 4.79 Å². The predicted molar refractivity (Wildman–Crippen MR) is 86.5 cm³/mol. The summed E-state index contributed by atoms with van der Waals surface area (Å²) in [5.41, 5.74) is -0.304. The van der Waals surface area contributed by atoms with Gasteiger partial charge >= 0.3 is 10.2 Å². The highest BCUT2D eigenvalue weighted by Crippen LogP contribution is 2.41. The standard InChI is InChI=1S/C15H20FN3O4S/c1-15(2,9-3-4-17-7-9)10-5-11(16)14(12(20)6-10)19-8-13(21)18-24(19,22)23/h5-6,9,17,20H,3-4,7-8H2,1-2H3,(H,18,21). The average Bonchev–Trinajstić information content (AvgIpc) is 3.06. The Kier molecular flexibility index (Phi) is 3.95. The van der Waals surface area contributed by atoms with Crippen LogP contribution >= 0.6 is 0 Å². The van der Waals surface area contributed by atoms with Crippen LogP contribution < -0.4 is 14.3 Å². The number of aromatic hydroxyl groups is 1. The molecule has 7 nitrogen and oxygen atoms in total. The Hall–Kier alpha value is -1.87. The lowest BCUT2D eigenvalue weighted by atomic mass is 9.73. The van der Waals surface area contributed by atoms with Crippen molar-refractivity contribution < 1.29 is 22.7 Å². The van der Waals surface area contributed by atoms with E-state index in [2.05, 4.69) is 5.32 Å². The molecule has 1 unspecified atom stereocenters. The molecule has 1 aromatic carbocycles. The first-order valence-electron chi connectivity index (χ1n) is 7.70. The van der Waals surface area contributed by atoms with E-state index in [1.54, 1.807) is 4.72 Å². The van der Waals surface area contributed by atoms with Gasteiger partial charge in [-0.25, -0.2) is 13.4 Å². The monoisotopic (exact) mass is 357 g/mol. The molecule has 132 valence electrons. The van der Waals surface area contributed by atoms with Gasteiger partial charge in [0.25, 0.3) is 5.91 Å². The Balaban J connectivity index is 2.02. The van der Waals surface area contributed by atoms with Crippen LogP contribution in [0.5, 0.6) is 5.75 Å². The van der Waals surface area contributed by atoms with Crippen molar-refractivity contribution in [3.05, 3.63) is 23.5 Å². The maximum absolute atomic E-state index is 14.6. The van der Waals surface area contributed by atoms with Gasteiger partial charge in [0.2, 0.25) is 0 Å². The van der Waals surface area contributed by atoms with Crippen molar-refractivity contribution in [1.29, 1.82) is 0 Å². The van der Waals surface area contributed by atoms with Crippen LogP contribution in [-0.2, 0) is 20.4 Å². The van der Waals surface area contributed by atoms with E-state index in [1.165, 1.54) is 12.1 Å². The number of benzene rings is 1. The van der Waals surface area contributed by atoms with Crippen molar-refractivity contribution in [2.75, 3.05) is 23.9 Å². The van der Waals surface area contributed by atoms with E-state index >= 15 is 0 Å². The number of amides is 1. The minimum Gasteiger partial charge on any atom is -0.506 e. The first-order chi connectivity index (χ1) is 11.1. The van der Waals surface area contributed by atoms with Crippen LogP contribution in [-0.4, -0.2) is 39.1 Å². The Labute approximate surface area is 140 Å². The molecule has 0 saturated carbocycles. The molecule has 2 fully saturated rings. The Bertz CT molecular complexity index is 765. The summed E-state index contributed by atoms with van der Waals surface area (Å²) in [7, 11) is -4.17. The third-order valence-corrected chi connectivity index (χ3v) is 6.32. The van der Waals surface area contributed by atoms with Crippen molar-refractivity contribution in [1.82, 2.24) is 10.0 Å². The molecule has 0 radical (unpaired) electrons. The van der Waals surface area contributed by atoms with E-state index in [1.807, 2.05) is 13.8 Å². The average molecular weight is 357 g/mol. The Morgan fingerprint density at radius 2 is 2.08 bits per heavy atom. The molecule has 1 aromatic rings. The lowest BCUT2D eigenvalue weighted by Gasteiger charge is -2.32. The van der Waals surface area contributed by atoms with Gasteiger partial charge in [0.05, 0.1) is 0 Å². The Morgan fingerprint density at radius 3 is 2.58 bits per heavy atom. The first-order valence-corrected chi connectivity index (χ1v) is 9.14. The van der Waals surface area contributed by atoms with Gasteiger partial charge in [0.1, 0.15) is 18.0 Å². The number of hydrogen-bond acceptors (Lipinski definition) is 5. The van der Waals surface area contributed by atoms with E-state index in [0.29, 0.717) is 9.87 Å². The Morgan fingerprint density at radius 1 is 1.38 bits per heavy atom. The summed E-state index contributed by atoms with van der Waals surface area (Å²) in [6.45, 7) is 5.07. The molecule has 1 amide bonds. The molecule has 0 bridgehead atoms. The fraction of sp³-hybridized carbons (Fsp3) is 0.533. The summed E-state index contributed by atoms with van der Waals surface area (Å²) in [6, 6.07) is 2.63. The minimum atomic E-state index is -4.17. The topological polar surface area (TPSA) is 98.7 Å². The zero-order valence-corrected chi connectivity index (χ0v) is 14.3. The molecule has 2 saturated heterocycles. The van der Waals surface area contributed by atoms with Crippen LogP contribution in [0.3, 0.4) is 0 Å². The lowest BCUT2D eigenvalue weighted by Crippen LogP contribution is -2.32. The molecule has 2 aliphatic heterocycles. The predicted octanol–water partition coefficient (Wildman–Crippen LogP) is 0.599. The van der Waals surface area contributed by atoms with E-state index in [-0.39, 0.29) is 5.92 Å². The van der Waals surface area contributed by atoms with Crippen LogP contribution in [0.4, 0.5) is 10.1 Å². The molecule has 3 N–H and O–H groups in total. The molecule has 24 heavy (non-hydrogen) atoms. The zero-order valence-electron chi connectivity index (χ0n) is 13.5. The van der Waals surface area contributed by atoms with Crippen LogP contribution in [0.25, 0.3) is 0 Å². The third-order valence-electron chi connectivity index (χ3n) is 4.94. The number of carbonyl (C=O) groups excluding carboxylic acids is 1. The molecule has 2 aliphatic rings. The van der Waals surface area contributed by atoms with E-state index in [4.69, 9.17) is 0 Å². The van der Waals surface area contributed by atoms with Gasteiger partial charge in [0.15, 0.2) is 5.82 Å². The van der Waals surface area contributed by atoms with Gasteiger partial charge < -0.3 is 10.4 Å². The van der Waals surface area contributed by atoms with Crippen LogP contribution in [0.1, 0.15) is 25.8 Å². The van der Waals surface area contributed by atoms with Crippen molar-refractivity contribution >= 4 is 21.8 Å². The van der Waals surface area contributed by atoms with E-state index in [0.717, 1.165) is 19.5 Å². The molecule has 3 rings (SSSR count). The van der Waals surface area contributed by atoms with Crippen molar-refractivity contribution in [2.45, 2.75) is 25.7 Å². The fourth-order valence-corrected chi connectivity index (χ4v) is 4.53. The van der Waals surface area contributed by atoms with Gasteiger partial charge in [0, 0.05) is 0 Å². The van der Waals surface area contributed by atoms with Gasteiger partial charge in [-0.05, 0) is 48.5 Å². The summed E-state index contributed by atoms with van der Waals surface area (Å²) >= 11 is 0. The summed E-state index contributed by atoms with van der Waals surface area (Å²) in [5, 5.41) is 13.5. The second kappa shape index (κ2) is 5.59. The number of nitrogens with one attached hydrogen (secondary N) is 2. The first kappa shape index (κ1) is 17.0. The number of anilines is 1. The van der Waals surface area contributed by atoms with Crippen molar-refractivity contribution in [3.63, 3.8) is 0 Å². The second-order valence-electron chi connectivity index (χ2n) is 6.77. The highest BCUT2D eigenvalue weighted by Gasteiger charge is 2.39. The number of phenolic OH excluding ortho intramolecular Hbond substituents is 1. The molecule has 0 aromatic heterocycles. The summed E-state index contributed by atoms with van der Waals surface area (Å²) in [6.07, 6.45) is 0.941. The van der Waals surface area contributed by atoms with Gasteiger partial charge in [-0.1, -0.05) is 13.8 Å². The quantitative estimate of drug-likeness (QED) is 0.736. The smallest absolute Gasteiger partial charge is 0.326 e. The molecular formula is C15H20FN3O4S. The number of carbonyl (C=O) groups is 1. The number of nitrogens with zero attached hydrogens (tertiary/aromatic N) is 1. The van der Waals surface area contributed by atoms with Crippen molar-refractivity contribution in [3.8, 4) is 5.75 Å². The lowest BCUT2D eigenvalue weighted by molar-refractivity contribution is -0.117. The summed E-state index contributed by atoms with van der Waals surface area (Å²) in [4.78, 5) is 11.3. The van der Waals surface area contributed by atoms with Crippen molar-refractivity contribution in [2.24, 2.45) is 5.92 Å². The fourth-order valence-electron chi connectivity index (χ4n) is 3.36. The number of phenols is 1. The molecule has 9 heteroatoms. The highest BCUT2D eigenvalue weighted by atomic mass is 32.2. The highest BCUT2D eigenvalue weighted by molar-refractivity contribution is 7.92.